The van der Waals surface area contributed by atoms with E-state index in [2.05, 4.69) is 10.4 Å². The Morgan fingerprint density at radius 3 is 2.37 bits per heavy atom. The van der Waals surface area contributed by atoms with Crippen molar-refractivity contribution < 1.29 is 9.59 Å². The number of amides is 2. The van der Waals surface area contributed by atoms with Gasteiger partial charge in [-0.05, 0) is 54.3 Å². The Morgan fingerprint density at radius 1 is 0.943 bits per heavy atom. The van der Waals surface area contributed by atoms with Gasteiger partial charge in [0.15, 0.2) is 0 Å². The van der Waals surface area contributed by atoms with Gasteiger partial charge in [0.25, 0.3) is 0 Å². The summed E-state index contributed by atoms with van der Waals surface area (Å²) in [6, 6.07) is 27.4. The molecule has 1 unspecified atom stereocenters. The van der Waals surface area contributed by atoms with Crippen LogP contribution < -0.4 is 5.32 Å². The van der Waals surface area contributed by atoms with E-state index >= 15 is 0 Å². The summed E-state index contributed by atoms with van der Waals surface area (Å²) in [5, 5.41) is 7.28. The lowest BCUT2D eigenvalue weighted by molar-refractivity contribution is -0.134. The molecule has 3 aromatic carbocycles. The summed E-state index contributed by atoms with van der Waals surface area (Å²) in [4.78, 5) is 26.9. The number of carbonyl (C=O) groups excluding carboxylic acids is 2. The first-order valence-corrected chi connectivity index (χ1v) is 11.8. The van der Waals surface area contributed by atoms with Crippen molar-refractivity contribution in [1.29, 1.82) is 0 Å². The Bertz CT molecular complexity index is 1270. The van der Waals surface area contributed by atoms with Crippen molar-refractivity contribution in [3.8, 4) is 5.69 Å². The monoisotopic (exact) mass is 466 g/mol. The van der Waals surface area contributed by atoms with Crippen LogP contribution in [-0.2, 0) is 22.6 Å². The first-order valence-electron chi connectivity index (χ1n) is 11.8. The van der Waals surface area contributed by atoms with Crippen LogP contribution in [0.5, 0.6) is 0 Å². The Morgan fingerprint density at radius 2 is 1.66 bits per heavy atom. The molecule has 0 aliphatic heterocycles. The molecule has 178 valence electrons. The summed E-state index contributed by atoms with van der Waals surface area (Å²) in [6.07, 6.45) is 4.78. The molecule has 0 saturated heterocycles. The lowest BCUT2D eigenvalue weighted by atomic mass is 10.0. The van der Waals surface area contributed by atoms with E-state index in [1.165, 1.54) is 6.92 Å². The van der Waals surface area contributed by atoms with Gasteiger partial charge in [-0.3, -0.25) is 9.59 Å². The third kappa shape index (κ3) is 6.44. The molecular weight excluding hydrogens is 436 g/mol. The topological polar surface area (TPSA) is 67.2 Å². The molecule has 1 aromatic heterocycles. The highest BCUT2D eigenvalue weighted by Crippen LogP contribution is 2.26. The maximum atomic E-state index is 13.5. The van der Waals surface area contributed by atoms with Crippen molar-refractivity contribution in [2.45, 2.75) is 39.3 Å². The fourth-order valence-electron chi connectivity index (χ4n) is 4.09. The van der Waals surface area contributed by atoms with E-state index in [9.17, 15) is 9.59 Å². The van der Waals surface area contributed by atoms with Crippen LogP contribution in [0.1, 0.15) is 43.0 Å². The molecule has 1 atom stereocenters. The fraction of sp³-hybridized carbons (Fsp3) is 0.207. The normalized spacial score (nSPS) is 11.6. The highest BCUT2D eigenvalue weighted by molar-refractivity contribution is 5.88. The molecule has 0 saturated carbocycles. The van der Waals surface area contributed by atoms with E-state index in [1.54, 1.807) is 0 Å². The molecule has 6 heteroatoms. The van der Waals surface area contributed by atoms with Gasteiger partial charge < -0.3 is 10.2 Å². The van der Waals surface area contributed by atoms with Crippen molar-refractivity contribution in [3.63, 3.8) is 0 Å². The van der Waals surface area contributed by atoms with Crippen molar-refractivity contribution in [1.82, 2.24) is 14.7 Å². The van der Waals surface area contributed by atoms with Crippen molar-refractivity contribution in [2.75, 3.05) is 5.32 Å². The molecule has 0 aliphatic carbocycles. The Balaban J connectivity index is 1.50. The molecule has 0 bridgehead atoms. The number of carbonyl (C=O) groups is 2. The molecule has 35 heavy (non-hydrogen) atoms. The molecule has 0 spiro atoms. The number of hydrogen-bond donors (Lipinski definition) is 1. The molecule has 1 heterocycles. The average Bonchev–Trinajstić information content (AvgIpc) is 3.35. The quantitative estimate of drug-likeness (QED) is 0.351. The third-order valence-corrected chi connectivity index (χ3v) is 5.96. The Hall–Kier alpha value is -4.19. The van der Waals surface area contributed by atoms with Crippen LogP contribution in [0.15, 0.2) is 97.3 Å². The largest absolute Gasteiger partial charge is 0.332 e. The first kappa shape index (κ1) is 24.0. The van der Waals surface area contributed by atoms with Crippen LogP contribution in [0, 0.1) is 0 Å². The molecular formula is C29H30N4O2. The van der Waals surface area contributed by atoms with E-state index in [0.717, 1.165) is 28.1 Å². The van der Waals surface area contributed by atoms with Gasteiger partial charge in [0, 0.05) is 31.8 Å². The van der Waals surface area contributed by atoms with Gasteiger partial charge in [0.1, 0.15) is 0 Å². The minimum atomic E-state index is -0.163. The highest BCUT2D eigenvalue weighted by Gasteiger charge is 2.22. The number of aromatic nitrogens is 2. The Kier molecular flexibility index (Phi) is 7.73. The standard InChI is InChI=1S/C29H30N4O2/c1-22(26-12-9-13-27(18-26)31-23(2)34)32(20-24-10-5-3-6-11-24)29(35)17-16-25-19-30-33(21-25)28-14-7-4-8-15-28/h3-15,18-19,21-22H,16-17,20H2,1-2H3,(H,31,34). The zero-order chi connectivity index (χ0) is 24.6. The fourth-order valence-corrected chi connectivity index (χ4v) is 4.09. The maximum absolute atomic E-state index is 13.5. The molecule has 0 radical (unpaired) electrons. The predicted molar refractivity (Wildman–Crippen MR) is 138 cm³/mol. The maximum Gasteiger partial charge on any atom is 0.223 e. The summed E-state index contributed by atoms with van der Waals surface area (Å²) in [7, 11) is 0. The molecule has 1 N–H and O–H groups in total. The van der Waals surface area contributed by atoms with Crippen LogP contribution in [0.2, 0.25) is 0 Å². The Labute approximate surface area is 206 Å². The van der Waals surface area contributed by atoms with E-state index in [1.807, 2.05) is 114 Å². The van der Waals surface area contributed by atoms with E-state index in [4.69, 9.17) is 0 Å². The van der Waals surface area contributed by atoms with Gasteiger partial charge in [0.2, 0.25) is 11.8 Å². The van der Waals surface area contributed by atoms with Crippen LogP contribution >= 0.6 is 0 Å². The van der Waals surface area contributed by atoms with Crippen LogP contribution in [0.4, 0.5) is 5.69 Å². The third-order valence-electron chi connectivity index (χ3n) is 5.96. The highest BCUT2D eigenvalue weighted by atomic mass is 16.2. The lowest BCUT2D eigenvalue weighted by Gasteiger charge is -2.30. The number of anilines is 1. The number of benzene rings is 3. The summed E-state index contributed by atoms with van der Waals surface area (Å²) in [6.45, 7) is 4.02. The SMILES string of the molecule is CC(=O)Nc1cccc(C(C)N(Cc2ccccc2)C(=O)CCc2cnn(-c3ccccc3)c2)c1. The van der Waals surface area contributed by atoms with Gasteiger partial charge in [-0.15, -0.1) is 0 Å². The summed E-state index contributed by atoms with van der Waals surface area (Å²) < 4.78 is 1.83. The lowest BCUT2D eigenvalue weighted by Crippen LogP contribution is -2.33. The zero-order valence-corrected chi connectivity index (χ0v) is 20.1. The molecule has 0 fully saturated rings. The molecule has 6 nitrogen and oxygen atoms in total. The summed E-state index contributed by atoms with van der Waals surface area (Å²) in [5.41, 5.74) is 4.77. The number of aryl methyl sites for hydroxylation is 1. The second-order valence-electron chi connectivity index (χ2n) is 8.62. The average molecular weight is 467 g/mol. The van der Waals surface area contributed by atoms with E-state index in [0.29, 0.717) is 19.4 Å². The minimum absolute atomic E-state index is 0.0683. The number of para-hydroxylation sites is 1. The number of nitrogens with zero attached hydrogens (tertiary/aromatic N) is 3. The first-order chi connectivity index (χ1) is 17.0. The van der Waals surface area contributed by atoms with Gasteiger partial charge in [0.05, 0.1) is 17.9 Å². The second kappa shape index (κ2) is 11.3. The van der Waals surface area contributed by atoms with Gasteiger partial charge in [-0.25, -0.2) is 4.68 Å². The summed E-state index contributed by atoms with van der Waals surface area (Å²) >= 11 is 0. The smallest absolute Gasteiger partial charge is 0.223 e. The van der Waals surface area contributed by atoms with Gasteiger partial charge in [-0.1, -0.05) is 60.7 Å². The van der Waals surface area contributed by atoms with Crippen LogP contribution in [-0.4, -0.2) is 26.5 Å². The number of rotatable bonds is 9. The van der Waals surface area contributed by atoms with Crippen LogP contribution in [0.3, 0.4) is 0 Å². The van der Waals surface area contributed by atoms with Gasteiger partial charge >= 0.3 is 0 Å². The predicted octanol–water partition coefficient (Wildman–Crippen LogP) is 5.55. The molecule has 2 amide bonds. The van der Waals surface area contributed by atoms with Crippen molar-refractivity contribution in [2.24, 2.45) is 0 Å². The van der Waals surface area contributed by atoms with Crippen molar-refractivity contribution in [3.05, 3.63) is 114 Å². The summed E-state index contributed by atoms with van der Waals surface area (Å²) in [5.74, 6) is -0.0539. The van der Waals surface area contributed by atoms with Crippen molar-refractivity contribution >= 4 is 17.5 Å². The number of nitrogens with one attached hydrogen (secondary N) is 1. The minimum Gasteiger partial charge on any atom is -0.332 e. The number of hydrogen-bond acceptors (Lipinski definition) is 3. The van der Waals surface area contributed by atoms with E-state index in [-0.39, 0.29) is 17.9 Å². The zero-order valence-electron chi connectivity index (χ0n) is 20.1. The van der Waals surface area contributed by atoms with Gasteiger partial charge in [-0.2, -0.15) is 5.10 Å². The van der Waals surface area contributed by atoms with E-state index < -0.39 is 0 Å². The molecule has 4 rings (SSSR count). The second-order valence-corrected chi connectivity index (χ2v) is 8.62. The molecule has 4 aromatic rings. The van der Waals surface area contributed by atoms with Crippen LogP contribution in [0.25, 0.3) is 5.69 Å². The molecule has 0 aliphatic rings.